The summed E-state index contributed by atoms with van der Waals surface area (Å²) >= 11 is 17.7. The van der Waals surface area contributed by atoms with Crippen LogP contribution in [0.2, 0.25) is 15.2 Å². The highest BCUT2D eigenvalue weighted by Crippen LogP contribution is 2.45. The van der Waals surface area contributed by atoms with Crippen LogP contribution in [0.25, 0.3) is 22.6 Å². The Kier molecular flexibility index (Phi) is 2.80. The molecule has 3 rings (SSSR count). The summed E-state index contributed by atoms with van der Waals surface area (Å²) in [6.45, 7) is 0. The van der Waals surface area contributed by atoms with Gasteiger partial charge in [0.15, 0.2) is 5.82 Å². The average Bonchev–Trinajstić information content (AvgIpc) is 2.16. The van der Waals surface area contributed by atoms with Crippen molar-refractivity contribution in [3.05, 3.63) is 33.4 Å². The highest BCUT2D eigenvalue weighted by molar-refractivity contribution is 6.37. The van der Waals surface area contributed by atoms with Crippen LogP contribution in [0.15, 0.2) is 18.2 Å². The Hall–Kier alpha value is -0.870. The molecule has 1 aromatic carbocycles. The molecule has 82 valence electrons. The van der Waals surface area contributed by atoms with Gasteiger partial charge in [-0.3, -0.25) is 0 Å². The van der Waals surface area contributed by atoms with E-state index in [-0.39, 0.29) is 6.15 Å². The van der Waals surface area contributed by atoms with Gasteiger partial charge in [-0.2, -0.15) is 0 Å². The molecule has 1 aromatic rings. The summed E-state index contributed by atoms with van der Waals surface area (Å²) in [5.74, 6) is 0.700. The Bertz CT molecular complexity index is 584. The predicted octanol–water partition coefficient (Wildman–Crippen LogP) is 4.25. The Morgan fingerprint density at radius 3 is 2.38 bits per heavy atom. The first-order chi connectivity index (χ1) is 7.16. The van der Waals surface area contributed by atoms with Crippen molar-refractivity contribution in [1.82, 2.24) is 16.1 Å². The molecule has 0 saturated carbocycles. The van der Waals surface area contributed by atoms with Gasteiger partial charge >= 0.3 is 0 Å². The first-order valence-corrected chi connectivity index (χ1v) is 5.33. The van der Waals surface area contributed by atoms with Crippen LogP contribution in [-0.4, -0.2) is 9.97 Å². The lowest BCUT2D eigenvalue weighted by atomic mass is 10.0. The summed E-state index contributed by atoms with van der Waals surface area (Å²) in [4.78, 5) is 8.11. The molecule has 0 amide bonds. The van der Waals surface area contributed by atoms with E-state index < -0.39 is 0 Å². The van der Waals surface area contributed by atoms with Crippen molar-refractivity contribution in [2.45, 2.75) is 0 Å². The summed E-state index contributed by atoms with van der Waals surface area (Å²) in [5.41, 5.74) is 2.47. The number of hydrogen-bond acceptors (Lipinski definition) is 3. The number of fused-ring (bicyclic) bond motifs is 1. The van der Waals surface area contributed by atoms with E-state index in [9.17, 15) is 0 Å². The van der Waals surface area contributed by atoms with Crippen LogP contribution in [0, 0.1) is 0 Å². The highest BCUT2D eigenvalue weighted by atomic mass is 35.5. The van der Waals surface area contributed by atoms with Crippen molar-refractivity contribution in [2.24, 2.45) is 0 Å². The quantitative estimate of drug-likeness (QED) is 0.675. The van der Waals surface area contributed by atoms with Crippen molar-refractivity contribution in [3.8, 4) is 22.6 Å². The fourth-order valence-corrected chi connectivity index (χ4v) is 2.14. The molecular weight excluding hydrogens is 268 g/mol. The van der Waals surface area contributed by atoms with Gasteiger partial charge in [0.05, 0.1) is 16.3 Å². The van der Waals surface area contributed by atoms with Gasteiger partial charge in [0, 0.05) is 10.6 Å². The van der Waals surface area contributed by atoms with E-state index in [4.69, 9.17) is 34.8 Å². The van der Waals surface area contributed by atoms with Gasteiger partial charge in [-0.1, -0.05) is 34.8 Å². The molecule has 0 aromatic heterocycles. The molecule has 0 radical (unpaired) electrons. The second-order valence-electron chi connectivity index (χ2n) is 3.19. The standard InChI is InChI=1S/C10H3Cl3N2.H3N/c11-4-1-2-6(12)5(3-4)8-7-9(13)15-10(7)14-8;/h1-3H;1H3. The normalized spacial score (nSPS) is 10.9. The third-order valence-electron chi connectivity index (χ3n) is 2.27. The van der Waals surface area contributed by atoms with E-state index in [1.165, 1.54) is 0 Å². The van der Waals surface area contributed by atoms with Gasteiger partial charge in [-0.25, -0.2) is 9.97 Å². The topological polar surface area (TPSA) is 60.8 Å². The van der Waals surface area contributed by atoms with Crippen molar-refractivity contribution in [3.63, 3.8) is 0 Å². The molecule has 2 aliphatic rings. The van der Waals surface area contributed by atoms with Gasteiger partial charge < -0.3 is 6.15 Å². The molecule has 2 heterocycles. The zero-order chi connectivity index (χ0) is 10.6. The average molecular weight is 275 g/mol. The van der Waals surface area contributed by atoms with E-state index in [0.717, 1.165) is 16.8 Å². The maximum absolute atomic E-state index is 6.04. The molecule has 6 heteroatoms. The molecule has 0 saturated heterocycles. The van der Waals surface area contributed by atoms with E-state index in [1.807, 2.05) is 0 Å². The molecule has 0 atom stereocenters. The second kappa shape index (κ2) is 3.86. The number of aromatic nitrogens is 2. The van der Waals surface area contributed by atoms with Crippen LogP contribution in [-0.2, 0) is 0 Å². The largest absolute Gasteiger partial charge is 0.344 e. The Balaban J connectivity index is 0.000000963. The minimum absolute atomic E-state index is 0. The maximum atomic E-state index is 6.04. The summed E-state index contributed by atoms with van der Waals surface area (Å²) in [5, 5.41) is 1.73. The van der Waals surface area contributed by atoms with Gasteiger partial charge in [0.25, 0.3) is 0 Å². The zero-order valence-corrected chi connectivity index (χ0v) is 10.2. The third kappa shape index (κ3) is 1.48. The molecule has 16 heavy (non-hydrogen) atoms. The molecule has 0 aliphatic carbocycles. The van der Waals surface area contributed by atoms with E-state index >= 15 is 0 Å². The number of halogens is 3. The molecular formula is C10H6Cl3N3. The molecule has 0 spiro atoms. The van der Waals surface area contributed by atoms with Gasteiger partial charge in [-0.15, -0.1) is 0 Å². The van der Waals surface area contributed by atoms with Gasteiger partial charge in [-0.05, 0) is 18.2 Å². The Morgan fingerprint density at radius 1 is 1.00 bits per heavy atom. The lowest BCUT2D eigenvalue weighted by Crippen LogP contribution is -2.09. The molecule has 2 aliphatic heterocycles. The molecule has 0 bridgehead atoms. The minimum atomic E-state index is 0. The SMILES string of the molecule is Clc1ccc(Cl)c(-c2nc3nc(Cl)c2-3)c1.N. The van der Waals surface area contributed by atoms with Gasteiger partial charge in [0.2, 0.25) is 0 Å². The zero-order valence-electron chi connectivity index (χ0n) is 7.97. The van der Waals surface area contributed by atoms with Crippen molar-refractivity contribution >= 4 is 34.8 Å². The smallest absolute Gasteiger partial charge is 0.166 e. The number of hydrogen-bond donors (Lipinski definition) is 1. The van der Waals surface area contributed by atoms with Crippen LogP contribution in [0.3, 0.4) is 0 Å². The van der Waals surface area contributed by atoms with E-state index in [2.05, 4.69) is 9.97 Å². The summed E-state index contributed by atoms with van der Waals surface area (Å²) in [6.07, 6.45) is 0. The van der Waals surface area contributed by atoms with Crippen molar-refractivity contribution in [1.29, 1.82) is 0 Å². The number of nitrogens with zero attached hydrogens (tertiary/aromatic N) is 2. The monoisotopic (exact) mass is 273 g/mol. The maximum Gasteiger partial charge on any atom is 0.166 e. The Morgan fingerprint density at radius 2 is 1.75 bits per heavy atom. The number of benzene rings is 1. The molecule has 0 unspecified atom stereocenters. The summed E-state index contributed by atoms with van der Waals surface area (Å²) < 4.78 is 0. The fraction of sp³-hybridized carbons (Fsp3) is 0. The fourth-order valence-electron chi connectivity index (χ4n) is 1.51. The lowest BCUT2D eigenvalue weighted by molar-refractivity contribution is 1.09. The predicted molar refractivity (Wildman–Crippen MR) is 66.5 cm³/mol. The van der Waals surface area contributed by atoms with Crippen molar-refractivity contribution in [2.75, 3.05) is 0 Å². The molecule has 0 fully saturated rings. The highest BCUT2D eigenvalue weighted by Gasteiger charge is 2.29. The third-order valence-corrected chi connectivity index (χ3v) is 3.11. The second-order valence-corrected chi connectivity index (χ2v) is 4.39. The van der Waals surface area contributed by atoms with Crippen LogP contribution in [0.1, 0.15) is 0 Å². The molecule has 3 N–H and O–H groups in total. The Labute approximate surface area is 107 Å². The summed E-state index contributed by atoms with van der Waals surface area (Å²) in [7, 11) is 0. The lowest BCUT2D eigenvalue weighted by Gasteiger charge is -2.20. The van der Waals surface area contributed by atoms with E-state index in [0.29, 0.717) is 21.0 Å². The van der Waals surface area contributed by atoms with Crippen molar-refractivity contribution < 1.29 is 0 Å². The minimum Gasteiger partial charge on any atom is -0.344 e. The number of rotatable bonds is 1. The van der Waals surface area contributed by atoms with Gasteiger partial charge in [0.1, 0.15) is 5.15 Å². The van der Waals surface area contributed by atoms with Crippen LogP contribution in [0.4, 0.5) is 0 Å². The van der Waals surface area contributed by atoms with E-state index in [1.54, 1.807) is 18.2 Å². The van der Waals surface area contributed by atoms with Crippen LogP contribution in [0.5, 0.6) is 0 Å². The van der Waals surface area contributed by atoms with Crippen LogP contribution >= 0.6 is 34.8 Å². The first kappa shape index (κ1) is 11.6. The summed E-state index contributed by atoms with van der Waals surface area (Å²) in [6, 6.07) is 5.25. The molecule has 3 nitrogen and oxygen atoms in total. The first-order valence-electron chi connectivity index (χ1n) is 4.20. The van der Waals surface area contributed by atoms with Crippen LogP contribution < -0.4 is 6.15 Å².